The van der Waals surface area contributed by atoms with Crippen molar-refractivity contribution < 1.29 is 14.3 Å². The number of anilines is 2. The van der Waals surface area contributed by atoms with Crippen molar-refractivity contribution in [3.8, 4) is 0 Å². The standard InChI is InChI=1S/C24H22ClN5O3/c1-32-23(31)19-11-26-24(27-18-13-33-14-18)28-22(19)30-12-20(15-5-3-2-4-6-15)21(29-30)16-7-9-17(25)10-8-16/h2-11,18,20H,12-14H2,1H3,(H,26,27,28). The van der Waals surface area contributed by atoms with Crippen molar-refractivity contribution in [2.45, 2.75) is 12.0 Å². The molecule has 0 radical (unpaired) electrons. The molecule has 9 heteroatoms. The molecule has 5 rings (SSSR count). The Labute approximate surface area is 196 Å². The minimum absolute atomic E-state index is 0.0238. The third-order valence-electron chi connectivity index (χ3n) is 5.65. The van der Waals surface area contributed by atoms with Crippen LogP contribution in [-0.4, -0.2) is 54.6 Å². The van der Waals surface area contributed by atoms with E-state index in [4.69, 9.17) is 26.2 Å². The molecule has 2 aromatic carbocycles. The number of rotatable bonds is 6. The molecule has 1 saturated heterocycles. The summed E-state index contributed by atoms with van der Waals surface area (Å²) < 4.78 is 10.2. The number of aromatic nitrogens is 2. The molecule has 0 saturated carbocycles. The molecule has 33 heavy (non-hydrogen) atoms. The SMILES string of the molecule is COC(=O)c1cnc(NC2COC2)nc1N1CC(c2ccccc2)C(c2ccc(Cl)cc2)=N1. The summed E-state index contributed by atoms with van der Waals surface area (Å²) in [4.78, 5) is 21.4. The highest BCUT2D eigenvalue weighted by Crippen LogP contribution is 2.33. The van der Waals surface area contributed by atoms with Crippen LogP contribution in [0, 0.1) is 0 Å². The highest BCUT2D eigenvalue weighted by molar-refractivity contribution is 6.30. The molecule has 0 bridgehead atoms. The molecule has 3 aromatic rings. The van der Waals surface area contributed by atoms with E-state index in [1.165, 1.54) is 13.3 Å². The van der Waals surface area contributed by atoms with Gasteiger partial charge in [0.05, 0.1) is 38.6 Å². The van der Waals surface area contributed by atoms with Gasteiger partial charge in [0.25, 0.3) is 0 Å². The fourth-order valence-corrected chi connectivity index (χ4v) is 3.98. The molecule has 2 aliphatic heterocycles. The van der Waals surface area contributed by atoms with Gasteiger partial charge in [0, 0.05) is 17.1 Å². The van der Waals surface area contributed by atoms with Crippen LogP contribution in [0.4, 0.5) is 11.8 Å². The number of hydrogen-bond acceptors (Lipinski definition) is 8. The second-order valence-corrected chi connectivity index (χ2v) is 8.28. The molecule has 8 nitrogen and oxygen atoms in total. The van der Waals surface area contributed by atoms with E-state index in [1.54, 1.807) is 5.01 Å². The van der Waals surface area contributed by atoms with E-state index in [0.717, 1.165) is 16.8 Å². The van der Waals surface area contributed by atoms with Crippen molar-refractivity contribution in [2.75, 3.05) is 37.2 Å². The van der Waals surface area contributed by atoms with Crippen LogP contribution >= 0.6 is 11.6 Å². The van der Waals surface area contributed by atoms with E-state index in [0.29, 0.717) is 36.5 Å². The smallest absolute Gasteiger partial charge is 0.343 e. The van der Waals surface area contributed by atoms with Gasteiger partial charge < -0.3 is 14.8 Å². The van der Waals surface area contributed by atoms with Gasteiger partial charge in [0.1, 0.15) is 5.56 Å². The lowest BCUT2D eigenvalue weighted by atomic mass is 9.91. The topological polar surface area (TPSA) is 88.9 Å². The first-order valence-electron chi connectivity index (χ1n) is 10.6. The second-order valence-electron chi connectivity index (χ2n) is 7.84. The number of hydrazone groups is 1. The third-order valence-corrected chi connectivity index (χ3v) is 5.90. The van der Waals surface area contributed by atoms with Crippen LogP contribution in [0.1, 0.15) is 27.4 Å². The van der Waals surface area contributed by atoms with Gasteiger partial charge >= 0.3 is 5.97 Å². The first-order valence-corrected chi connectivity index (χ1v) is 11.0. The van der Waals surface area contributed by atoms with Gasteiger partial charge in [0.15, 0.2) is 5.82 Å². The number of hydrogen-bond donors (Lipinski definition) is 1. The molecule has 2 aliphatic rings. The zero-order valence-corrected chi connectivity index (χ0v) is 18.7. The Bertz CT molecular complexity index is 1180. The Kier molecular flexibility index (Phi) is 5.93. The van der Waals surface area contributed by atoms with E-state index in [2.05, 4.69) is 27.4 Å². The zero-order valence-electron chi connectivity index (χ0n) is 17.9. The number of esters is 1. The van der Waals surface area contributed by atoms with Crippen LogP contribution < -0.4 is 10.3 Å². The van der Waals surface area contributed by atoms with Crippen LogP contribution in [0.5, 0.6) is 0 Å². The summed E-state index contributed by atoms with van der Waals surface area (Å²) in [6.45, 7) is 1.70. The Balaban J connectivity index is 1.56. The maximum absolute atomic E-state index is 12.5. The minimum Gasteiger partial charge on any atom is -0.465 e. The summed E-state index contributed by atoms with van der Waals surface area (Å²) in [6, 6.07) is 17.9. The zero-order chi connectivity index (χ0) is 22.8. The van der Waals surface area contributed by atoms with Gasteiger partial charge in [-0.3, -0.25) is 0 Å². The molecule has 1 aromatic heterocycles. The normalized spacial score (nSPS) is 17.9. The number of ether oxygens (including phenoxy) is 2. The predicted molar refractivity (Wildman–Crippen MR) is 126 cm³/mol. The summed E-state index contributed by atoms with van der Waals surface area (Å²) in [6.07, 6.45) is 1.48. The van der Waals surface area contributed by atoms with E-state index in [-0.39, 0.29) is 17.5 Å². The largest absolute Gasteiger partial charge is 0.465 e. The quantitative estimate of drug-likeness (QED) is 0.557. The van der Waals surface area contributed by atoms with E-state index in [1.807, 2.05) is 42.5 Å². The number of nitrogens with one attached hydrogen (secondary N) is 1. The van der Waals surface area contributed by atoms with Gasteiger partial charge in [-0.25, -0.2) is 14.8 Å². The molecule has 1 N–H and O–H groups in total. The maximum atomic E-state index is 12.5. The Hall–Kier alpha value is -3.49. The predicted octanol–water partition coefficient (Wildman–Crippen LogP) is 3.74. The molecule has 1 fully saturated rings. The molecule has 168 valence electrons. The van der Waals surface area contributed by atoms with Crippen molar-refractivity contribution in [1.82, 2.24) is 9.97 Å². The Morgan fingerprint density at radius 1 is 1.15 bits per heavy atom. The van der Waals surface area contributed by atoms with Gasteiger partial charge in [0.2, 0.25) is 5.95 Å². The van der Waals surface area contributed by atoms with Crippen LogP contribution in [0.25, 0.3) is 0 Å². The third kappa shape index (κ3) is 4.40. The van der Waals surface area contributed by atoms with Crippen LogP contribution in [-0.2, 0) is 9.47 Å². The van der Waals surface area contributed by atoms with Crippen LogP contribution in [0.2, 0.25) is 5.02 Å². The van der Waals surface area contributed by atoms with Crippen molar-refractivity contribution >= 4 is 35.0 Å². The van der Waals surface area contributed by atoms with Gasteiger partial charge in [-0.2, -0.15) is 10.1 Å². The average Bonchev–Trinajstić information content (AvgIpc) is 3.27. The Morgan fingerprint density at radius 3 is 2.58 bits per heavy atom. The van der Waals surface area contributed by atoms with Crippen LogP contribution in [0.15, 0.2) is 65.9 Å². The molecule has 0 aliphatic carbocycles. The number of benzene rings is 2. The molecule has 1 atom stereocenters. The van der Waals surface area contributed by atoms with Gasteiger partial charge in [-0.05, 0) is 23.3 Å². The highest BCUT2D eigenvalue weighted by atomic mass is 35.5. The van der Waals surface area contributed by atoms with Crippen molar-refractivity contribution in [1.29, 1.82) is 0 Å². The van der Waals surface area contributed by atoms with E-state index in [9.17, 15) is 4.79 Å². The molecular formula is C24H22ClN5O3. The number of nitrogens with zero attached hydrogens (tertiary/aromatic N) is 4. The van der Waals surface area contributed by atoms with E-state index < -0.39 is 5.97 Å². The minimum atomic E-state index is -0.519. The van der Waals surface area contributed by atoms with Crippen LogP contribution in [0.3, 0.4) is 0 Å². The first kappa shape index (κ1) is 21.4. The summed E-state index contributed by atoms with van der Waals surface area (Å²) in [7, 11) is 1.34. The highest BCUT2D eigenvalue weighted by Gasteiger charge is 2.33. The summed E-state index contributed by atoms with van der Waals surface area (Å²) in [5.41, 5.74) is 3.19. The maximum Gasteiger partial charge on any atom is 0.343 e. The Morgan fingerprint density at radius 2 is 1.91 bits per heavy atom. The molecule has 3 heterocycles. The fourth-order valence-electron chi connectivity index (χ4n) is 3.86. The number of methoxy groups -OCH3 is 1. The van der Waals surface area contributed by atoms with Crippen molar-refractivity contribution in [3.63, 3.8) is 0 Å². The van der Waals surface area contributed by atoms with Gasteiger partial charge in [-0.15, -0.1) is 0 Å². The fraction of sp³-hybridized carbons (Fsp3) is 0.250. The lowest BCUT2D eigenvalue weighted by molar-refractivity contribution is 0.0208. The van der Waals surface area contributed by atoms with Gasteiger partial charge in [-0.1, -0.05) is 54.1 Å². The summed E-state index contributed by atoms with van der Waals surface area (Å²) >= 11 is 6.11. The summed E-state index contributed by atoms with van der Waals surface area (Å²) in [5, 5.41) is 10.5. The molecular weight excluding hydrogens is 442 g/mol. The average molecular weight is 464 g/mol. The lowest BCUT2D eigenvalue weighted by Crippen LogP contribution is -2.40. The number of carbonyl (C=O) groups excluding carboxylic acids is 1. The molecule has 1 unspecified atom stereocenters. The molecule has 0 spiro atoms. The number of halogens is 1. The monoisotopic (exact) mass is 463 g/mol. The van der Waals surface area contributed by atoms with Crippen molar-refractivity contribution in [2.24, 2.45) is 5.10 Å². The van der Waals surface area contributed by atoms with Crippen molar-refractivity contribution in [3.05, 3.63) is 82.5 Å². The molecule has 0 amide bonds. The summed E-state index contributed by atoms with van der Waals surface area (Å²) in [5.74, 6) is 0.265. The van der Waals surface area contributed by atoms with E-state index >= 15 is 0 Å². The lowest BCUT2D eigenvalue weighted by Gasteiger charge is -2.27. The number of carbonyl (C=O) groups is 1. The first-order chi connectivity index (χ1) is 16.1. The second kappa shape index (κ2) is 9.17.